The smallest absolute Gasteiger partial charge is 0.408 e. The van der Waals surface area contributed by atoms with Crippen LogP contribution in [0.3, 0.4) is 0 Å². The largest absolute Gasteiger partial charge is 0.508 e. The maximum Gasteiger partial charge on any atom is 0.408 e. The van der Waals surface area contributed by atoms with Crippen molar-refractivity contribution in [3.8, 4) is 5.75 Å². The number of rotatable bonds is 15. The van der Waals surface area contributed by atoms with Crippen molar-refractivity contribution in [3.05, 3.63) is 95.1 Å². The second kappa shape index (κ2) is 17.4. The Labute approximate surface area is 274 Å². The minimum atomic E-state index is -1.16. The Kier molecular flexibility index (Phi) is 13.7. The van der Waals surface area contributed by atoms with Gasteiger partial charge in [-0.15, -0.1) is 0 Å². The molecule has 0 aliphatic carbocycles. The van der Waals surface area contributed by atoms with Crippen molar-refractivity contribution in [1.29, 1.82) is 0 Å². The van der Waals surface area contributed by atoms with Crippen molar-refractivity contribution in [2.75, 3.05) is 11.9 Å². The van der Waals surface area contributed by atoms with Crippen LogP contribution >= 0.6 is 0 Å². The predicted octanol–water partition coefficient (Wildman–Crippen LogP) is 8.01. The molecule has 3 aromatic rings. The van der Waals surface area contributed by atoms with Gasteiger partial charge in [-0.05, 0) is 63.8 Å². The molecule has 8 nitrogen and oxygen atoms in total. The van der Waals surface area contributed by atoms with Crippen LogP contribution < -0.4 is 10.6 Å². The Bertz CT molecular complexity index is 1410. The van der Waals surface area contributed by atoms with Crippen molar-refractivity contribution < 1.29 is 24.2 Å². The number of aryl methyl sites for hydroxylation is 2. The number of phenols is 1. The number of benzene rings is 3. The molecule has 0 radical (unpaired) electrons. The highest BCUT2D eigenvalue weighted by Gasteiger charge is 2.37. The molecule has 2 unspecified atom stereocenters. The number of anilines is 1. The van der Waals surface area contributed by atoms with Crippen LogP contribution in [0.5, 0.6) is 5.75 Å². The monoisotopic (exact) mass is 629 g/mol. The molecule has 0 saturated heterocycles. The van der Waals surface area contributed by atoms with Gasteiger partial charge in [0.25, 0.3) is 5.91 Å². The number of nitrogens with one attached hydrogen (secondary N) is 2. The molecule has 3 amide bonds. The third-order valence-electron chi connectivity index (χ3n) is 7.83. The lowest BCUT2D eigenvalue weighted by atomic mass is 9.98. The molecule has 0 heterocycles. The lowest BCUT2D eigenvalue weighted by Gasteiger charge is -2.35. The summed E-state index contributed by atoms with van der Waals surface area (Å²) < 4.78 is 5.55. The molecular formula is C38H51N3O5. The number of aromatic hydroxyl groups is 1. The highest BCUT2D eigenvalue weighted by atomic mass is 16.6. The summed E-state index contributed by atoms with van der Waals surface area (Å²) in [6, 6.07) is 19.6. The normalized spacial score (nSPS) is 12.6. The summed E-state index contributed by atoms with van der Waals surface area (Å²) in [7, 11) is 0. The molecule has 2 atom stereocenters. The average molecular weight is 630 g/mol. The molecular weight excluding hydrogens is 578 g/mol. The van der Waals surface area contributed by atoms with E-state index in [0.29, 0.717) is 17.7 Å². The Morgan fingerprint density at radius 2 is 1.43 bits per heavy atom. The van der Waals surface area contributed by atoms with Crippen LogP contribution in [0, 0.1) is 13.8 Å². The Morgan fingerprint density at radius 3 is 2.07 bits per heavy atom. The van der Waals surface area contributed by atoms with Gasteiger partial charge in [-0.25, -0.2) is 4.79 Å². The van der Waals surface area contributed by atoms with Gasteiger partial charge in [0, 0.05) is 24.2 Å². The van der Waals surface area contributed by atoms with E-state index in [1.165, 1.54) is 11.0 Å². The molecule has 3 rings (SSSR count). The molecule has 3 N–H and O–H groups in total. The summed E-state index contributed by atoms with van der Waals surface area (Å²) in [5.74, 6) is -0.980. The van der Waals surface area contributed by atoms with Crippen LogP contribution in [0.2, 0.25) is 0 Å². The van der Waals surface area contributed by atoms with Gasteiger partial charge in [0.05, 0.1) is 0 Å². The van der Waals surface area contributed by atoms with Crippen LogP contribution in [-0.4, -0.2) is 46.1 Å². The van der Waals surface area contributed by atoms with Gasteiger partial charge in [-0.1, -0.05) is 106 Å². The van der Waals surface area contributed by atoms with E-state index in [4.69, 9.17) is 4.74 Å². The second-order valence-electron chi connectivity index (χ2n) is 12.9. The van der Waals surface area contributed by atoms with E-state index in [9.17, 15) is 19.5 Å². The third-order valence-corrected chi connectivity index (χ3v) is 7.83. The maximum absolute atomic E-state index is 14.7. The van der Waals surface area contributed by atoms with Gasteiger partial charge < -0.3 is 25.4 Å². The minimum Gasteiger partial charge on any atom is -0.508 e. The van der Waals surface area contributed by atoms with E-state index in [1.54, 1.807) is 39.0 Å². The Balaban J connectivity index is 2.08. The molecule has 46 heavy (non-hydrogen) atoms. The number of amides is 3. The molecule has 0 aliphatic heterocycles. The SMILES string of the molecule is CCCCCCCCN(C(=O)C(Cc1ccccc1)NC(=O)OC(C)(C)C)C(C(=O)Nc1c(C)cccc1C)c1ccccc1O. The lowest BCUT2D eigenvalue weighted by Crippen LogP contribution is -2.53. The number of alkyl carbamates (subject to hydrolysis) is 1. The molecule has 0 fully saturated rings. The van der Waals surface area contributed by atoms with Crippen LogP contribution in [0.25, 0.3) is 0 Å². The van der Waals surface area contributed by atoms with Crippen molar-refractivity contribution >= 4 is 23.6 Å². The minimum absolute atomic E-state index is 0.0930. The zero-order chi connectivity index (χ0) is 33.7. The first kappa shape index (κ1) is 36.1. The van der Waals surface area contributed by atoms with E-state index in [-0.39, 0.29) is 18.7 Å². The van der Waals surface area contributed by atoms with E-state index < -0.39 is 35.6 Å². The Hall–Kier alpha value is -4.33. The molecule has 0 aromatic heterocycles. The summed E-state index contributed by atoms with van der Waals surface area (Å²) in [4.78, 5) is 43.7. The highest BCUT2D eigenvalue weighted by molar-refractivity contribution is 6.00. The summed E-state index contributed by atoms with van der Waals surface area (Å²) in [5, 5.41) is 16.9. The number of phenolic OH excluding ortho intramolecular Hbond substituents is 1. The average Bonchev–Trinajstić information content (AvgIpc) is 3.00. The molecule has 0 spiro atoms. The number of carbonyl (C=O) groups excluding carboxylic acids is 3. The molecule has 248 valence electrons. The maximum atomic E-state index is 14.7. The van der Waals surface area contributed by atoms with E-state index in [1.807, 2.05) is 62.4 Å². The lowest BCUT2D eigenvalue weighted by molar-refractivity contribution is -0.141. The zero-order valence-electron chi connectivity index (χ0n) is 28.3. The number of ether oxygens (including phenoxy) is 1. The van der Waals surface area contributed by atoms with E-state index in [2.05, 4.69) is 17.6 Å². The van der Waals surface area contributed by atoms with Crippen molar-refractivity contribution in [2.24, 2.45) is 0 Å². The van der Waals surface area contributed by atoms with Gasteiger partial charge in [0.2, 0.25) is 5.91 Å². The first-order valence-corrected chi connectivity index (χ1v) is 16.4. The predicted molar refractivity (Wildman–Crippen MR) is 184 cm³/mol. The fourth-order valence-electron chi connectivity index (χ4n) is 5.50. The number of unbranched alkanes of at least 4 members (excludes halogenated alkanes) is 5. The summed E-state index contributed by atoms with van der Waals surface area (Å²) in [6.45, 7) is 11.5. The number of hydrogen-bond donors (Lipinski definition) is 3. The molecule has 0 saturated carbocycles. The number of hydrogen-bond acceptors (Lipinski definition) is 5. The quantitative estimate of drug-likeness (QED) is 0.148. The topological polar surface area (TPSA) is 108 Å². The van der Waals surface area contributed by atoms with Gasteiger partial charge in [0.15, 0.2) is 0 Å². The summed E-state index contributed by atoms with van der Waals surface area (Å²) in [5.41, 5.74) is 2.80. The Morgan fingerprint density at radius 1 is 0.826 bits per heavy atom. The number of carbonyl (C=O) groups is 3. The van der Waals surface area contributed by atoms with Crippen LogP contribution in [-0.2, 0) is 20.7 Å². The van der Waals surface area contributed by atoms with E-state index in [0.717, 1.165) is 48.8 Å². The highest BCUT2D eigenvalue weighted by Crippen LogP contribution is 2.32. The van der Waals surface area contributed by atoms with Gasteiger partial charge >= 0.3 is 6.09 Å². The second-order valence-corrected chi connectivity index (χ2v) is 12.9. The van der Waals surface area contributed by atoms with Crippen LogP contribution in [0.15, 0.2) is 72.8 Å². The molecule has 8 heteroatoms. The third kappa shape index (κ3) is 10.9. The molecule has 3 aromatic carbocycles. The molecule has 0 aliphatic rings. The van der Waals surface area contributed by atoms with Gasteiger partial charge in [-0.2, -0.15) is 0 Å². The van der Waals surface area contributed by atoms with Crippen molar-refractivity contribution in [2.45, 2.75) is 104 Å². The molecule has 0 bridgehead atoms. The first-order chi connectivity index (χ1) is 21.9. The van der Waals surface area contributed by atoms with Crippen LogP contribution in [0.4, 0.5) is 10.5 Å². The standard InChI is InChI=1S/C38H51N3O5/c1-7-8-9-10-11-17-25-41(36(44)31(26-29-21-13-12-14-22-29)39-37(45)46-38(4,5)6)34(30-23-15-16-24-32(30)42)35(43)40-33-27(2)19-18-20-28(33)3/h12-16,18-24,31,34,42H,7-11,17,25-26H2,1-6H3,(H,39,45)(H,40,43). The van der Waals surface area contributed by atoms with E-state index >= 15 is 0 Å². The van der Waals surface area contributed by atoms with Crippen molar-refractivity contribution in [1.82, 2.24) is 10.2 Å². The summed E-state index contributed by atoms with van der Waals surface area (Å²) >= 11 is 0. The number of nitrogens with zero attached hydrogens (tertiary/aromatic N) is 1. The number of para-hydroxylation sites is 2. The fraction of sp³-hybridized carbons (Fsp3) is 0.447. The van der Waals surface area contributed by atoms with Crippen LogP contribution in [0.1, 0.15) is 94.5 Å². The first-order valence-electron chi connectivity index (χ1n) is 16.4. The van der Waals surface area contributed by atoms with Gasteiger partial charge in [-0.3, -0.25) is 9.59 Å². The van der Waals surface area contributed by atoms with Gasteiger partial charge in [0.1, 0.15) is 23.4 Å². The fourth-order valence-corrected chi connectivity index (χ4v) is 5.50. The van der Waals surface area contributed by atoms with Crippen molar-refractivity contribution in [3.63, 3.8) is 0 Å². The summed E-state index contributed by atoms with van der Waals surface area (Å²) in [6.07, 6.45) is 5.36. The zero-order valence-corrected chi connectivity index (χ0v) is 28.3.